The summed E-state index contributed by atoms with van der Waals surface area (Å²) in [4.78, 5) is 14.9. The van der Waals surface area contributed by atoms with Crippen LogP contribution < -0.4 is 4.90 Å². The molecule has 1 aromatic heterocycles. The molecule has 0 saturated carbocycles. The minimum atomic E-state index is -0.168. The minimum absolute atomic E-state index is 0.0652. The Morgan fingerprint density at radius 3 is 2.35 bits per heavy atom. The Labute approximate surface area is 161 Å². The molecule has 1 atom stereocenters. The van der Waals surface area contributed by atoms with Crippen LogP contribution in [0, 0.1) is 6.92 Å². The molecular formula is C21H20BrN3O. The Kier molecular flexibility index (Phi) is 4.19. The molecule has 132 valence electrons. The van der Waals surface area contributed by atoms with Crippen molar-refractivity contribution < 1.29 is 4.79 Å². The number of benzene rings is 2. The van der Waals surface area contributed by atoms with E-state index in [0.29, 0.717) is 11.6 Å². The summed E-state index contributed by atoms with van der Waals surface area (Å²) in [5.41, 5.74) is 5.67. The number of carbonyl (C=O) groups is 1. The molecule has 1 aliphatic heterocycles. The van der Waals surface area contributed by atoms with Gasteiger partial charge in [-0.25, -0.2) is 0 Å². The van der Waals surface area contributed by atoms with Gasteiger partial charge in [-0.2, -0.15) is 5.10 Å². The van der Waals surface area contributed by atoms with E-state index in [1.54, 1.807) is 0 Å². The molecule has 0 bridgehead atoms. The highest BCUT2D eigenvalue weighted by Crippen LogP contribution is 2.42. The van der Waals surface area contributed by atoms with E-state index in [2.05, 4.69) is 64.2 Å². The van der Waals surface area contributed by atoms with E-state index >= 15 is 0 Å². The number of anilines is 1. The molecule has 26 heavy (non-hydrogen) atoms. The second kappa shape index (κ2) is 6.40. The molecule has 5 heteroatoms. The number of aromatic amines is 1. The largest absolute Gasteiger partial charge is 0.295 e. The van der Waals surface area contributed by atoms with Gasteiger partial charge in [0.25, 0.3) is 5.91 Å². The van der Waals surface area contributed by atoms with Crippen LogP contribution in [-0.2, 0) is 0 Å². The van der Waals surface area contributed by atoms with Gasteiger partial charge in [0.15, 0.2) is 5.69 Å². The van der Waals surface area contributed by atoms with Crippen LogP contribution in [0.3, 0.4) is 0 Å². The highest BCUT2D eigenvalue weighted by atomic mass is 79.9. The zero-order valence-corrected chi connectivity index (χ0v) is 16.5. The Balaban J connectivity index is 1.85. The first-order valence-corrected chi connectivity index (χ1v) is 9.50. The van der Waals surface area contributed by atoms with Gasteiger partial charge in [0.05, 0.1) is 6.04 Å². The number of nitrogens with one attached hydrogen (secondary N) is 1. The van der Waals surface area contributed by atoms with Crippen molar-refractivity contribution >= 4 is 27.5 Å². The van der Waals surface area contributed by atoms with Crippen molar-refractivity contribution in [2.45, 2.75) is 32.7 Å². The number of fused-ring (bicyclic) bond motifs is 1. The zero-order chi connectivity index (χ0) is 18.4. The smallest absolute Gasteiger partial charge is 0.279 e. The van der Waals surface area contributed by atoms with Gasteiger partial charge in [0.2, 0.25) is 0 Å². The van der Waals surface area contributed by atoms with Crippen LogP contribution in [0.25, 0.3) is 0 Å². The highest BCUT2D eigenvalue weighted by molar-refractivity contribution is 9.10. The number of rotatable bonds is 3. The Hall–Kier alpha value is -2.40. The second-order valence-corrected chi connectivity index (χ2v) is 7.90. The number of nitrogens with zero attached hydrogens (tertiary/aromatic N) is 2. The lowest BCUT2D eigenvalue weighted by Gasteiger charge is -2.26. The molecule has 4 rings (SSSR count). The molecule has 4 nitrogen and oxygen atoms in total. The fraction of sp³-hybridized carbons (Fsp3) is 0.238. The van der Waals surface area contributed by atoms with E-state index in [4.69, 9.17) is 0 Å². The van der Waals surface area contributed by atoms with E-state index in [-0.39, 0.29) is 11.9 Å². The summed E-state index contributed by atoms with van der Waals surface area (Å²) < 4.78 is 0.986. The number of halogens is 1. The first-order valence-electron chi connectivity index (χ1n) is 8.71. The molecule has 0 spiro atoms. The second-order valence-electron chi connectivity index (χ2n) is 6.99. The average molecular weight is 410 g/mol. The lowest BCUT2D eigenvalue weighted by Crippen LogP contribution is -2.29. The molecule has 3 aromatic rings. The predicted molar refractivity (Wildman–Crippen MR) is 107 cm³/mol. The third kappa shape index (κ3) is 2.67. The molecule has 1 aliphatic rings. The van der Waals surface area contributed by atoms with Gasteiger partial charge in [-0.3, -0.25) is 14.8 Å². The van der Waals surface area contributed by atoms with E-state index in [0.717, 1.165) is 27.0 Å². The van der Waals surface area contributed by atoms with E-state index in [1.807, 2.05) is 36.1 Å². The Bertz CT molecular complexity index is 958. The van der Waals surface area contributed by atoms with Crippen molar-refractivity contribution in [1.29, 1.82) is 0 Å². The molecule has 0 radical (unpaired) electrons. The monoisotopic (exact) mass is 409 g/mol. The maximum Gasteiger partial charge on any atom is 0.279 e. The van der Waals surface area contributed by atoms with Crippen molar-refractivity contribution in [1.82, 2.24) is 10.2 Å². The summed E-state index contributed by atoms with van der Waals surface area (Å²) in [7, 11) is 0. The van der Waals surface area contributed by atoms with Gasteiger partial charge in [-0.15, -0.1) is 0 Å². The average Bonchev–Trinajstić information content (AvgIpc) is 3.15. The van der Waals surface area contributed by atoms with Crippen molar-refractivity contribution in [3.05, 3.63) is 81.1 Å². The Morgan fingerprint density at radius 2 is 1.73 bits per heavy atom. The lowest BCUT2D eigenvalue weighted by atomic mass is 9.95. The summed E-state index contributed by atoms with van der Waals surface area (Å²) in [6.07, 6.45) is 0. The number of hydrogen-bond acceptors (Lipinski definition) is 2. The maximum absolute atomic E-state index is 13.1. The summed E-state index contributed by atoms with van der Waals surface area (Å²) >= 11 is 3.46. The number of carbonyl (C=O) groups excluding carboxylic acids is 1. The van der Waals surface area contributed by atoms with Gasteiger partial charge in [-0.05, 0) is 48.2 Å². The maximum atomic E-state index is 13.1. The van der Waals surface area contributed by atoms with Crippen LogP contribution in [0.15, 0.2) is 53.0 Å². The van der Waals surface area contributed by atoms with Crippen LogP contribution in [0.1, 0.15) is 58.7 Å². The van der Waals surface area contributed by atoms with Crippen molar-refractivity contribution in [2.24, 2.45) is 0 Å². The normalized spacial score (nSPS) is 16.4. The number of amides is 1. The molecule has 0 aliphatic carbocycles. The van der Waals surface area contributed by atoms with Crippen LogP contribution in [-0.4, -0.2) is 16.1 Å². The third-order valence-electron chi connectivity index (χ3n) is 4.97. The number of aromatic nitrogens is 2. The molecule has 2 aromatic carbocycles. The predicted octanol–water partition coefficient (Wildman–Crippen LogP) is 5.35. The van der Waals surface area contributed by atoms with Crippen molar-refractivity contribution in [3.63, 3.8) is 0 Å². The standard InChI is InChI=1S/C21H20BrN3O/c1-12(2)14-4-6-15(7-5-14)20-18-13(3)23-24-19(18)21(26)25(20)17-10-8-16(22)9-11-17/h4-12,20H,1-3H3,(H,23,24). The molecule has 0 fully saturated rings. The molecule has 0 saturated heterocycles. The van der Waals surface area contributed by atoms with Gasteiger partial charge < -0.3 is 0 Å². The third-order valence-corrected chi connectivity index (χ3v) is 5.50. The van der Waals surface area contributed by atoms with Crippen LogP contribution in [0.2, 0.25) is 0 Å². The SMILES string of the molecule is Cc1[nH]nc2c1C(c1ccc(C(C)C)cc1)N(c1ccc(Br)cc1)C2=O. The fourth-order valence-corrected chi connectivity index (χ4v) is 3.81. The van der Waals surface area contributed by atoms with Crippen molar-refractivity contribution in [3.8, 4) is 0 Å². The number of hydrogen-bond donors (Lipinski definition) is 1. The molecule has 2 heterocycles. The summed E-state index contributed by atoms with van der Waals surface area (Å²) in [5.74, 6) is 0.410. The molecule has 1 amide bonds. The van der Waals surface area contributed by atoms with Crippen LogP contribution >= 0.6 is 15.9 Å². The molecule has 1 N–H and O–H groups in total. The zero-order valence-electron chi connectivity index (χ0n) is 15.0. The van der Waals surface area contributed by atoms with Gasteiger partial charge in [-0.1, -0.05) is 54.0 Å². The first kappa shape index (κ1) is 17.0. The quantitative estimate of drug-likeness (QED) is 0.633. The molecular weight excluding hydrogens is 390 g/mol. The van der Waals surface area contributed by atoms with Gasteiger partial charge in [0.1, 0.15) is 0 Å². The minimum Gasteiger partial charge on any atom is -0.295 e. The topological polar surface area (TPSA) is 49.0 Å². The molecule has 1 unspecified atom stereocenters. The van der Waals surface area contributed by atoms with Crippen molar-refractivity contribution in [2.75, 3.05) is 4.90 Å². The highest BCUT2D eigenvalue weighted by Gasteiger charge is 2.42. The van der Waals surface area contributed by atoms with E-state index in [1.165, 1.54) is 5.56 Å². The summed E-state index contributed by atoms with van der Waals surface area (Å²) in [6.45, 7) is 6.33. The fourth-order valence-electron chi connectivity index (χ4n) is 3.54. The first-order chi connectivity index (χ1) is 12.5. The van der Waals surface area contributed by atoms with E-state index < -0.39 is 0 Å². The van der Waals surface area contributed by atoms with Crippen LogP contribution in [0.4, 0.5) is 5.69 Å². The lowest BCUT2D eigenvalue weighted by molar-refractivity contribution is 0.0988. The summed E-state index contributed by atoms with van der Waals surface area (Å²) in [6, 6.07) is 16.2. The van der Waals surface area contributed by atoms with Gasteiger partial charge >= 0.3 is 0 Å². The Morgan fingerprint density at radius 1 is 1.08 bits per heavy atom. The van der Waals surface area contributed by atoms with E-state index in [9.17, 15) is 4.79 Å². The number of aryl methyl sites for hydroxylation is 1. The van der Waals surface area contributed by atoms with Crippen LogP contribution in [0.5, 0.6) is 0 Å². The summed E-state index contributed by atoms with van der Waals surface area (Å²) in [5, 5.41) is 7.24. The number of H-pyrrole nitrogens is 1. The van der Waals surface area contributed by atoms with Gasteiger partial charge in [0, 0.05) is 21.4 Å².